The molecule has 1 unspecified atom stereocenters. The number of hydrogen-bond donors (Lipinski definition) is 2. The van der Waals surface area contributed by atoms with Crippen molar-refractivity contribution in [1.29, 1.82) is 0 Å². The average Bonchev–Trinajstić information content (AvgIpc) is 3.24. The summed E-state index contributed by atoms with van der Waals surface area (Å²) in [5, 5.41) is 10.7. The van der Waals surface area contributed by atoms with Crippen molar-refractivity contribution in [3.8, 4) is 5.75 Å². The fourth-order valence-corrected chi connectivity index (χ4v) is 3.18. The Balaban J connectivity index is 0.00000169. The number of piperidine rings is 1. The van der Waals surface area contributed by atoms with Crippen molar-refractivity contribution in [2.75, 3.05) is 25.0 Å². The van der Waals surface area contributed by atoms with Gasteiger partial charge in [0.15, 0.2) is 5.69 Å². The summed E-state index contributed by atoms with van der Waals surface area (Å²) in [4.78, 5) is 12.4. The molecule has 1 aromatic heterocycles. The Kier molecular flexibility index (Phi) is 5.06. The molecular weight excluding hydrogens is 328 g/mol. The first-order valence-electron chi connectivity index (χ1n) is 8.12. The van der Waals surface area contributed by atoms with Gasteiger partial charge in [-0.3, -0.25) is 9.48 Å². The number of halogens is 1. The van der Waals surface area contributed by atoms with Gasteiger partial charge in [0, 0.05) is 24.8 Å². The van der Waals surface area contributed by atoms with Crippen LogP contribution in [0.15, 0.2) is 30.5 Å². The molecule has 0 bridgehead atoms. The van der Waals surface area contributed by atoms with Gasteiger partial charge in [0.25, 0.3) is 5.91 Å². The lowest BCUT2D eigenvalue weighted by Gasteiger charge is -2.22. The predicted octanol–water partition coefficient (Wildman–Crippen LogP) is 2.42. The number of amides is 1. The molecule has 1 amide bonds. The Morgan fingerprint density at radius 2 is 2.29 bits per heavy atom. The number of rotatable bonds is 3. The summed E-state index contributed by atoms with van der Waals surface area (Å²) in [6.45, 7) is 2.69. The minimum atomic E-state index is -0.175. The third kappa shape index (κ3) is 3.39. The number of carbonyl (C=O) groups excluding carboxylic acids is 1. The summed E-state index contributed by atoms with van der Waals surface area (Å²) in [5.41, 5.74) is 2.38. The second-order valence-electron chi connectivity index (χ2n) is 6.06. The van der Waals surface area contributed by atoms with Gasteiger partial charge in [-0.05, 0) is 49.2 Å². The van der Waals surface area contributed by atoms with Gasteiger partial charge < -0.3 is 15.4 Å². The summed E-state index contributed by atoms with van der Waals surface area (Å²) < 4.78 is 7.38. The molecule has 1 saturated heterocycles. The molecule has 24 heavy (non-hydrogen) atoms. The minimum Gasteiger partial charge on any atom is -0.493 e. The highest BCUT2D eigenvalue weighted by Crippen LogP contribution is 2.28. The molecule has 6 nitrogen and oxygen atoms in total. The molecule has 1 aromatic carbocycles. The first kappa shape index (κ1) is 16.8. The second-order valence-corrected chi connectivity index (χ2v) is 6.06. The summed E-state index contributed by atoms with van der Waals surface area (Å²) in [5.74, 6) is 0.739. The van der Waals surface area contributed by atoms with Crippen LogP contribution in [0.3, 0.4) is 0 Å². The van der Waals surface area contributed by atoms with E-state index in [0.717, 1.165) is 49.4 Å². The van der Waals surface area contributed by atoms with Crippen LogP contribution in [-0.4, -0.2) is 35.4 Å². The largest absolute Gasteiger partial charge is 0.493 e. The van der Waals surface area contributed by atoms with Crippen LogP contribution in [0, 0.1) is 0 Å². The molecule has 0 spiro atoms. The Hall–Kier alpha value is -2.05. The summed E-state index contributed by atoms with van der Waals surface area (Å²) in [6, 6.07) is 7.86. The van der Waals surface area contributed by atoms with Crippen LogP contribution in [0.25, 0.3) is 0 Å². The maximum Gasteiger partial charge on any atom is 0.276 e. The monoisotopic (exact) mass is 348 g/mol. The Bertz CT molecular complexity index is 725. The van der Waals surface area contributed by atoms with Crippen molar-refractivity contribution in [3.63, 3.8) is 0 Å². The van der Waals surface area contributed by atoms with Gasteiger partial charge in [-0.2, -0.15) is 5.10 Å². The number of fused-ring (bicyclic) bond motifs is 1. The van der Waals surface area contributed by atoms with Gasteiger partial charge in [0.2, 0.25) is 0 Å². The molecule has 2 N–H and O–H groups in total. The maximum absolute atomic E-state index is 12.4. The summed E-state index contributed by atoms with van der Waals surface area (Å²) in [6.07, 6.45) is 5.02. The Morgan fingerprint density at radius 1 is 1.38 bits per heavy atom. The molecule has 7 heteroatoms. The molecule has 1 atom stereocenters. The third-order valence-corrected chi connectivity index (χ3v) is 4.43. The van der Waals surface area contributed by atoms with Gasteiger partial charge in [-0.25, -0.2) is 0 Å². The zero-order valence-electron chi connectivity index (χ0n) is 13.3. The number of nitrogens with one attached hydrogen (secondary N) is 2. The number of aromatic nitrogens is 2. The lowest BCUT2D eigenvalue weighted by molar-refractivity contribution is 0.102. The molecule has 0 aliphatic carbocycles. The van der Waals surface area contributed by atoms with Gasteiger partial charge in [0.1, 0.15) is 5.75 Å². The Labute approximate surface area is 147 Å². The highest BCUT2D eigenvalue weighted by atomic mass is 35.5. The van der Waals surface area contributed by atoms with Crippen molar-refractivity contribution < 1.29 is 9.53 Å². The Morgan fingerprint density at radius 3 is 3.12 bits per heavy atom. The SMILES string of the molecule is Cl.O=C(Nc1ccc2c(c1)CCO2)c1ccn(C2CCCNC2)n1. The zero-order valence-corrected chi connectivity index (χ0v) is 14.1. The van der Waals surface area contributed by atoms with Crippen LogP contribution in [0.1, 0.15) is 34.9 Å². The number of benzene rings is 1. The number of carbonyl (C=O) groups is 1. The summed E-state index contributed by atoms with van der Waals surface area (Å²) >= 11 is 0. The predicted molar refractivity (Wildman–Crippen MR) is 94.2 cm³/mol. The van der Waals surface area contributed by atoms with Crippen LogP contribution in [0.5, 0.6) is 5.75 Å². The van der Waals surface area contributed by atoms with E-state index in [9.17, 15) is 4.79 Å². The van der Waals surface area contributed by atoms with Crippen molar-refractivity contribution >= 4 is 24.0 Å². The second kappa shape index (κ2) is 7.23. The van der Waals surface area contributed by atoms with Crippen LogP contribution in [0.4, 0.5) is 5.69 Å². The van der Waals surface area contributed by atoms with Gasteiger partial charge >= 0.3 is 0 Å². The molecular formula is C17H21ClN4O2. The van der Waals surface area contributed by atoms with Crippen molar-refractivity contribution in [3.05, 3.63) is 41.7 Å². The highest BCUT2D eigenvalue weighted by Gasteiger charge is 2.18. The molecule has 0 radical (unpaired) electrons. The molecule has 0 saturated carbocycles. The number of hydrogen-bond acceptors (Lipinski definition) is 4. The van der Waals surface area contributed by atoms with E-state index in [1.165, 1.54) is 0 Å². The molecule has 2 aliphatic heterocycles. The number of ether oxygens (including phenoxy) is 1. The van der Waals surface area contributed by atoms with E-state index in [1.807, 2.05) is 29.1 Å². The van der Waals surface area contributed by atoms with E-state index in [1.54, 1.807) is 6.07 Å². The van der Waals surface area contributed by atoms with Gasteiger partial charge in [0.05, 0.1) is 12.6 Å². The van der Waals surface area contributed by atoms with Gasteiger partial charge in [-0.15, -0.1) is 12.4 Å². The normalized spacial score (nSPS) is 19.1. The zero-order chi connectivity index (χ0) is 15.6. The van der Waals surface area contributed by atoms with E-state index in [4.69, 9.17) is 4.74 Å². The summed E-state index contributed by atoms with van der Waals surface area (Å²) in [7, 11) is 0. The molecule has 2 aliphatic rings. The third-order valence-electron chi connectivity index (χ3n) is 4.43. The van der Waals surface area contributed by atoms with Crippen molar-refractivity contribution in [1.82, 2.24) is 15.1 Å². The van der Waals surface area contributed by atoms with Crippen LogP contribution < -0.4 is 15.4 Å². The fraction of sp³-hybridized carbons (Fsp3) is 0.412. The van der Waals surface area contributed by atoms with Gasteiger partial charge in [-0.1, -0.05) is 0 Å². The molecule has 2 aromatic rings. The fourth-order valence-electron chi connectivity index (χ4n) is 3.18. The minimum absolute atomic E-state index is 0. The van der Waals surface area contributed by atoms with E-state index < -0.39 is 0 Å². The molecule has 4 rings (SSSR count). The first-order valence-corrected chi connectivity index (χ1v) is 8.12. The lowest BCUT2D eigenvalue weighted by atomic mass is 10.1. The molecule has 128 valence electrons. The standard InChI is InChI=1S/C17H20N4O2.ClH/c22-17(19-13-3-4-16-12(10-13)6-9-23-16)15-5-8-21(20-15)14-2-1-7-18-11-14;/h3-5,8,10,14,18H,1-2,6-7,9,11H2,(H,19,22);1H. The van der Waals surface area contributed by atoms with Crippen LogP contribution in [0.2, 0.25) is 0 Å². The van der Waals surface area contributed by atoms with E-state index >= 15 is 0 Å². The van der Waals surface area contributed by atoms with E-state index in [0.29, 0.717) is 18.3 Å². The smallest absolute Gasteiger partial charge is 0.276 e. The number of nitrogens with zero attached hydrogens (tertiary/aromatic N) is 2. The quantitative estimate of drug-likeness (QED) is 0.893. The molecule has 3 heterocycles. The van der Waals surface area contributed by atoms with E-state index in [-0.39, 0.29) is 18.3 Å². The number of anilines is 1. The topological polar surface area (TPSA) is 68.2 Å². The van der Waals surface area contributed by atoms with E-state index in [2.05, 4.69) is 15.7 Å². The van der Waals surface area contributed by atoms with Crippen molar-refractivity contribution in [2.24, 2.45) is 0 Å². The first-order chi connectivity index (χ1) is 11.3. The lowest BCUT2D eigenvalue weighted by Crippen LogP contribution is -2.32. The molecule has 1 fully saturated rings. The average molecular weight is 349 g/mol. The highest BCUT2D eigenvalue weighted by molar-refractivity contribution is 6.02. The van der Waals surface area contributed by atoms with Crippen LogP contribution >= 0.6 is 12.4 Å². The maximum atomic E-state index is 12.4. The van der Waals surface area contributed by atoms with Crippen molar-refractivity contribution in [2.45, 2.75) is 25.3 Å². The van der Waals surface area contributed by atoms with Crippen LogP contribution in [-0.2, 0) is 6.42 Å².